The second-order valence-electron chi connectivity index (χ2n) is 7.04. The molecular weight excluding hydrogens is 460 g/mol. The Morgan fingerprint density at radius 1 is 1.18 bits per heavy atom. The van der Waals surface area contributed by atoms with Gasteiger partial charge in [0, 0.05) is 0 Å². The minimum atomic E-state index is -0.380. The van der Waals surface area contributed by atoms with Gasteiger partial charge in [-0.25, -0.2) is 4.79 Å². The summed E-state index contributed by atoms with van der Waals surface area (Å²) in [4.78, 5) is 25.1. The Kier molecular flexibility index (Phi) is 7.26. The summed E-state index contributed by atoms with van der Waals surface area (Å²) in [5.74, 6) is 0.756. The molecule has 0 saturated carbocycles. The molecule has 0 aliphatic heterocycles. The maximum Gasteiger partial charge on any atom is 0.348 e. The molecular formula is C23H22N4O4S2. The summed E-state index contributed by atoms with van der Waals surface area (Å²) in [5.41, 5.74) is 1.85. The predicted molar refractivity (Wildman–Crippen MR) is 128 cm³/mol. The number of furan rings is 1. The summed E-state index contributed by atoms with van der Waals surface area (Å²) in [6.07, 6.45) is 1.59. The highest BCUT2D eigenvalue weighted by atomic mass is 32.2. The molecule has 1 N–H and O–H groups in total. The maximum atomic E-state index is 12.6. The molecule has 8 nitrogen and oxygen atoms in total. The van der Waals surface area contributed by atoms with Crippen molar-refractivity contribution in [2.45, 2.75) is 25.5 Å². The molecule has 0 saturated heterocycles. The van der Waals surface area contributed by atoms with Crippen molar-refractivity contribution in [2.75, 3.05) is 17.7 Å². The molecule has 0 bridgehead atoms. The Bertz CT molecular complexity index is 1230. The van der Waals surface area contributed by atoms with E-state index in [2.05, 4.69) is 15.5 Å². The summed E-state index contributed by atoms with van der Waals surface area (Å²) >= 11 is 2.49. The van der Waals surface area contributed by atoms with E-state index < -0.39 is 0 Å². The van der Waals surface area contributed by atoms with Crippen LogP contribution in [0.15, 0.2) is 64.4 Å². The second kappa shape index (κ2) is 10.5. The lowest BCUT2D eigenvalue weighted by Gasteiger charge is -2.09. The van der Waals surface area contributed by atoms with Crippen LogP contribution in [0.5, 0.6) is 0 Å². The van der Waals surface area contributed by atoms with Gasteiger partial charge in [0.05, 0.1) is 30.2 Å². The number of thioether (sulfide) groups is 1. The third kappa shape index (κ3) is 5.52. The van der Waals surface area contributed by atoms with Gasteiger partial charge in [-0.15, -0.1) is 21.5 Å². The first-order chi connectivity index (χ1) is 16.0. The van der Waals surface area contributed by atoms with E-state index in [0.717, 1.165) is 11.1 Å². The van der Waals surface area contributed by atoms with Crippen LogP contribution in [0.2, 0.25) is 0 Å². The highest BCUT2D eigenvalue weighted by Gasteiger charge is 2.19. The van der Waals surface area contributed by atoms with E-state index in [-0.39, 0.29) is 17.6 Å². The van der Waals surface area contributed by atoms with Gasteiger partial charge in [-0.1, -0.05) is 42.1 Å². The minimum absolute atomic E-state index is 0.136. The van der Waals surface area contributed by atoms with Gasteiger partial charge in [-0.3, -0.25) is 9.36 Å². The van der Waals surface area contributed by atoms with Crippen molar-refractivity contribution < 1.29 is 18.7 Å². The smallest absolute Gasteiger partial charge is 0.348 e. The maximum absolute atomic E-state index is 12.6. The van der Waals surface area contributed by atoms with Gasteiger partial charge in [0.25, 0.3) is 0 Å². The Balaban J connectivity index is 1.46. The van der Waals surface area contributed by atoms with Crippen LogP contribution < -0.4 is 5.32 Å². The topological polar surface area (TPSA) is 99.2 Å². The van der Waals surface area contributed by atoms with Crippen LogP contribution >= 0.6 is 23.1 Å². The van der Waals surface area contributed by atoms with Gasteiger partial charge in [0.1, 0.15) is 4.88 Å². The first kappa shape index (κ1) is 22.8. The predicted octanol–water partition coefficient (Wildman–Crippen LogP) is 4.86. The quantitative estimate of drug-likeness (QED) is 0.268. The standard InChI is InChI=1S/C23H22N4O4S2/c1-3-30-22(29)20-15(2)12-19(33-20)24-18(28)14-32-23-26-25-21(17-10-7-11-31-17)27(23)13-16-8-5-4-6-9-16/h4-12H,3,13-14H2,1-2H3,(H,24,28). The molecule has 0 aliphatic rings. The molecule has 3 heterocycles. The van der Waals surface area contributed by atoms with Gasteiger partial charge in [-0.2, -0.15) is 0 Å². The molecule has 0 unspecified atom stereocenters. The minimum Gasteiger partial charge on any atom is -0.462 e. The van der Waals surface area contributed by atoms with Crippen LogP contribution in [0.3, 0.4) is 0 Å². The van der Waals surface area contributed by atoms with E-state index >= 15 is 0 Å². The number of ether oxygens (including phenoxy) is 1. The van der Waals surface area contributed by atoms with E-state index in [1.165, 1.54) is 23.1 Å². The number of benzene rings is 1. The number of anilines is 1. The number of aryl methyl sites for hydroxylation is 1. The van der Waals surface area contributed by atoms with Crippen molar-refractivity contribution in [3.05, 3.63) is 70.8 Å². The summed E-state index contributed by atoms with van der Waals surface area (Å²) < 4.78 is 12.5. The average Bonchev–Trinajstić information content (AvgIpc) is 3.54. The van der Waals surface area contributed by atoms with Gasteiger partial charge >= 0.3 is 5.97 Å². The van der Waals surface area contributed by atoms with Crippen LogP contribution in [0.4, 0.5) is 5.00 Å². The van der Waals surface area contributed by atoms with E-state index in [1.807, 2.05) is 47.9 Å². The van der Waals surface area contributed by atoms with Crippen LogP contribution in [-0.4, -0.2) is 39.0 Å². The van der Waals surface area contributed by atoms with E-state index in [4.69, 9.17) is 9.15 Å². The summed E-state index contributed by atoms with van der Waals surface area (Å²) in [7, 11) is 0. The molecule has 0 radical (unpaired) electrons. The molecule has 1 aromatic carbocycles. The number of hydrogen-bond donors (Lipinski definition) is 1. The highest BCUT2D eigenvalue weighted by molar-refractivity contribution is 7.99. The SMILES string of the molecule is CCOC(=O)c1sc(NC(=O)CSc2nnc(-c3ccco3)n2Cc2ccccc2)cc1C. The number of carbonyl (C=O) groups is 2. The van der Waals surface area contributed by atoms with E-state index in [1.54, 1.807) is 25.3 Å². The zero-order valence-electron chi connectivity index (χ0n) is 18.1. The first-order valence-corrected chi connectivity index (χ1v) is 12.1. The van der Waals surface area contributed by atoms with Crippen molar-refractivity contribution in [1.82, 2.24) is 14.8 Å². The van der Waals surface area contributed by atoms with E-state index in [9.17, 15) is 9.59 Å². The Morgan fingerprint density at radius 2 is 2.00 bits per heavy atom. The Hall–Kier alpha value is -3.37. The number of esters is 1. The van der Waals surface area contributed by atoms with Crippen LogP contribution in [0.25, 0.3) is 11.6 Å². The average molecular weight is 483 g/mol. The summed E-state index contributed by atoms with van der Waals surface area (Å²) in [5, 5.41) is 12.6. The van der Waals surface area contributed by atoms with Crippen molar-refractivity contribution in [2.24, 2.45) is 0 Å². The zero-order valence-corrected chi connectivity index (χ0v) is 19.7. The number of thiophene rings is 1. The number of hydrogen-bond acceptors (Lipinski definition) is 8. The number of aromatic nitrogens is 3. The molecule has 0 atom stereocenters. The first-order valence-electron chi connectivity index (χ1n) is 10.3. The van der Waals surface area contributed by atoms with Crippen LogP contribution in [-0.2, 0) is 16.1 Å². The third-order valence-electron chi connectivity index (χ3n) is 4.62. The number of nitrogens with zero attached hydrogens (tertiary/aromatic N) is 3. The van der Waals surface area contributed by atoms with Crippen molar-refractivity contribution in [3.8, 4) is 11.6 Å². The molecule has 3 aromatic heterocycles. The molecule has 4 rings (SSSR count). The monoisotopic (exact) mass is 482 g/mol. The molecule has 33 heavy (non-hydrogen) atoms. The summed E-state index contributed by atoms with van der Waals surface area (Å²) in [6, 6.07) is 15.3. The number of rotatable bonds is 9. The van der Waals surface area contributed by atoms with Gasteiger partial charge in [-0.05, 0) is 43.2 Å². The summed E-state index contributed by atoms with van der Waals surface area (Å²) in [6.45, 7) is 4.42. The van der Waals surface area contributed by atoms with Crippen molar-refractivity contribution >= 4 is 40.0 Å². The lowest BCUT2D eigenvalue weighted by atomic mass is 10.2. The second-order valence-corrected chi connectivity index (χ2v) is 9.03. The molecule has 4 aromatic rings. The molecule has 0 fully saturated rings. The molecule has 0 aliphatic carbocycles. The molecule has 0 spiro atoms. The van der Waals surface area contributed by atoms with E-state index in [0.29, 0.717) is 39.8 Å². The third-order valence-corrected chi connectivity index (χ3v) is 6.71. The lowest BCUT2D eigenvalue weighted by Crippen LogP contribution is -2.14. The van der Waals surface area contributed by atoms with Gasteiger partial charge in [0.15, 0.2) is 10.9 Å². The van der Waals surface area contributed by atoms with Crippen molar-refractivity contribution in [3.63, 3.8) is 0 Å². The van der Waals surface area contributed by atoms with Crippen LogP contribution in [0.1, 0.15) is 27.7 Å². The van der Waals surface area contributed by atoms with Gasteiger partial charge < -0.3 is 14.5 Å². The number of amides is 1. The molecule has 10 heteroatoms. The largest absolute Gasteiger partial charge is 0.462 e. The molecule has 170 valence electrons. The highest BCUT2D eigenvalue weighted by Crippen LogP contribution is 2.29. The normalized spacial score (nSPS) is 10.8. The van der Waals surface area contributed by atoms with Crippen molar-refractivity contribution in [1.29, 1.82) is 0 Å². The fraction of sp³-hybridized carbons (Fsp3) is 0.217. The van der Waals surface area contributed by atoms with Crippen LogP contribution in [0, 0.1) is 6.92 Å². The Morgan fingerprint density at radius 3 is 2.73 bits per heavy atom. The zero-order chi connectivity index (χ0) is 23.2. The fourth-order valence-electron chi connectivity index (χ4n) is 3.14. The lowest BCUT2D eigenvalue weighted by molar-refractivity contribution is -0.113. The molecule has 1 amide bonds. The number of nitrogens with one attached hydrogen (secondary N) is 1. The number of carbonyl (C=O) groups excluding carboxylic acids is 2. The Labute approximate surface area is 199 Å². The fourth-order valence-corrected chi connectivity index (χ4v) is 4.86. The van der Waals surface area contributed by atoms with Gasteiger partial charge in [0.2, 0.25) is 11.7 Å².